The quantitative estimate of drug-likeness (QED) is 0.293. The molecule has 0 fully saturated rings. The predicted molar refractivity (Wildman–Crippen MR) is 99.9 cm³/mol. The largest absolute Gasteiger partial charge is 0.493 e. The molecule has 0 spiro atoms. The number of ether oxygens (including phenoxy) is 3. The van der Waals surface area contributed by atoms with E-state index in [4.69, 9.17) is 25.8 Å². The molecule has 2 rings (SSSR count). The van der Waals surface area contributed by atoms with Crippen molar-refractivity contribution in [2.75, 3.05) is 26.9 Å². The van der Waals surface area contributed by atoms with Gasteiger partial charge in [0.1, 0.15) is 12.2 Å². The van der Waals surface area contributed by atoms with Crippen LogP contribution in [0.3, 0.4) is 0 Å². The van der Waals surface area contributed by atoms with Crippen LogP contribution in [-0.2, 0) is 9.53 Å². The Balaban J connectivity index is 1.79. The highest BCUT2D eigenvalue weighted by atomic mass is 35.5. The highest BCUT2D eigenvalue weighted by molar-refractivity contribution is 6.31. The molecule has 9 nitrogen and oxygen atoms in total. The number of hydrogen-bond donors (Lipinski definition) is 1. The Kier molecular flexibility index (Phi) is 7.58. The number of para-hydroxylation sites is 2. The lowest BCUT2D eigenvalue weighted by Gasteiger charge is -2.11. The Bertz CT molecular complexity index is 873. The lowest BCUT2D eigenvalue weighted by Crippen LogP contribution is -2.32. The molecule has 0 aliphatic heterocycles. The number of carbonyl (C=O) groups excluding carboxylic acids is 2. The molecule has 0 atom stereocenters. The zero-order valence-electron chi connectivity index (χ0n) is 14.8. The fourth-order valence-corrected chi connectivity index (χ4v) is 2.35. The summed E-state index contributed by atoms with van der Waals surface area (Å²) in [5, 5.41) is 13.6. The Morgan fingerprint density at radius 3 is 2.57 bits per heavy atom. The third-order valence-electron chi connectivity index (χ3n) is 3.46. The van der Waals surface area contributed by atoms with Gasteiger partial charge in [0.15, 0.2) is 18.1 Å². The minimum Gasteiger partial charge on any atom is -0.493 e. The molecule has 0 saturated heterocycles. The number of halogens is 1. The third-order valence-corrected chi connectivity index (χ3v) is 3.70. The molecule has 0 bridgehead atoms. The number of nitrogens with zero attached hydrogens (tertiary/aromatic N) is 1. The van der Waals surface area contributed by atoms with Gasteiger partial charge in [-0.2, -0.15) is 0 Å². The van der Waals surface area contributed by atoms with Gasteiger partial charge in [-0.3, -0.25) is 14.9 Å². The molecule has 0 aliphatic rings. The van der Waals surface area contributed by atoms with Crippen LogP contribution < -0.4 is 14.8 Å². The summed E-state index contributed by atoms with van der Waals surface area (Å²) in [6.07, 6.45) is 0. The first kappa shape index (κ1) is 21.0. The van der Waals surface area contributed by atoms with Gasteiger partial charge in [-0.15, -0.1) is 0 Å². The number of carbonyl (C=O) groups is 2. The van der Waals surface area contributed by atoms with Crippen molar-refractivity contribution in [3.8, 4) is 11.5 Å². The molecule has 1 amide bonds. The molecule has 1 N–H and O–H groups in total. The van der Waals surface area contributed by atoms with Crippen LogP contribution in [-0.4, -0.2) is 43.7 Å². The summed E-state index contributed by atoms with van der Waals surface area (Å²) in [6.45, 7) is -0.275. The van der Waals surface area contributed by atoms with Crippen molar-refractivity contribution >= 4 is 29.2 Å². The SMILES string of the molecule is COc1ccccc1OCCNC(=O)COC(=O)c1cc(Cl)ccc1[N+](=O)[O-]. The lowest BCUT2D eigenvalue weighted by molar-refractivity contribution is -0.385. The number of nitro benzene ring substituents is 1. The van der Waals surface area contributed by atoms with E-state index in [9.17, 15) is 19.7 Å². The Morgan fingerprint density at radius 2 is 1.89 bits per heavy atom. The van der Waals surface area contributed by atoms with Crippen molar-refractivity contribution in [1.82, 2.24) is 5.32 Å². The van der Waals surface area contributed by atoms with E-state index in [0.717, 1.165) is 12.1 Å². The predicted octanol–water partition coefficient (Wildman–Crippen LogP) is 2.61. The van der Waals surface area contributed by atoms with E-state index in [2.05, 4.69) is 5.32 Å². The summed E-state index contributed by atoms with van der Waals surface area (Å²) in [6, 6.07) is 10.5. The monoisotopic (exact) mass is 408 g/mol. The lowest BCUT2D eigenvalue weighted by atomic mass is 10.2. The van der Waals surface area contributed by atoms with Gasteiger partial charge < -0.3 is 19.5 Å². The van der Waals surface area contributed by atoms with Crippen LogP contribution in [0.15, 0.2) is 42.5 Å². The Hall–Kier alpha value is -3.33. The summed E-state index contributed by atoms with van der Waals surface area (Å²) in [4.78, 5) is 34.0. The molecule has 28 heavy (non-hydrogen) atoms. The second kappa shape index (κ2) is 10.1. The molecular weight excluding hydrogens is 392 g/mol. The van der Waals surface area contributed by atoms with Gasteiger partial charge in [0.2, 0.25) is 0 Å². The van der Waals surface area contributed by atoms with Crippen LogP contribution in [0.2, 0.25) is 5.02 Å². The highest BCUT2D eigenvalue weighted by Crippen LogP contribution is 2.25. The summed E-state index contributed by atoms with van der Waals surface area (Å²) in [5.74, 6) is -0.513. The number of nitro groups is 1. The summed E-state index contributed by atoms with van der Waals surface area (Å²) in [7, 11) is 1.52. The summed E-state index contributed by atoms with van der Waals surface area (Å²) >= 11 is 5.75. The van der Waals surface area contributed by atoms with Gasteiger partial charge in [-0.25, -0.2) is 4.79 Å². The number of amides is 1. The number of rotatable bonds is 9. The number of esters is 1. The smallest absolute Gasteiger partial charge is 0.345 e. The van der Waals surface area contributed by atoms with Crippen LogP contribution >= 0.6 is 11.6 Å². The fraction of sp³-hybridized carbons (Fsp3) is 0.222. The molecule has 0 heterocycles. The van der Waals surface area contributed by atoms with E-state index >= 15 is 0 Å². The molecule has 0 aliphatic carbocycles. The van der Waals surface area contributed by atoms with Crippen LogP contribution in [0.1, 0.15) is 10.4 Å². The van der Waals surface area contributed by atoms with E-state index in [-0.39, 0.29) is 23.7 Å². The molecule has 0 radical (unpaired) electrons. The maximum absolute atomic E-state index is 12.0. The minimum atomic E-state index is -1.02. The molecule has 2 aromatic carbocycles. The average Bonchev–Trinajstić information content (AvgIpc) is 2.69. The zero-order chi connectivity index (χ0) is 20.5. The molecule has 148 valence electrons. The average molecular weight is 409 g/mol. The van der Waals surface area contributed by atoms with Gasteiger partial charge >= 0.3 is 5.97 Å². The van der Waals surface area contributed by atoms with Crippen LogP contribution in [0.25, 0.3) is 0 Å². The van der Waals surface area contributed by atoms with E-state index in [0.29, 0.717) is 11.5 Å². The Morgan fingerprint density at radius 1 is 1.18 bits per heavy atom. The first-order valence-corrected chi connectivity index (χ1v) is 8.43. The highest BCUT2D eigenvalue weighted by Gasteiger charge is 2.22. The van der Waals surface area contributed by atoms with Crippen molar-refractivity contribution in [3.63, 3.8) is 0 Å². The van der Waals surface area contributed by atoms with E-state index in [1.165, 1.54) is 13.2 Å². The van der Waals surface area contributed by atoms with Crippen molar-refractivity contribution in [2.24, 2.45) is 0 Å². The molecule has 0 aromatic heterocycles. The van der Waals surface area contributed by atoms with Crippen molar-refractivity contribution in [2.45, 2.75) is 0 Å². The Labute approximate surface area is 165 Å². The van der Waals surface area contributed by atoms with Gasteiger partial charge in [0, 0.05) is 11.1 Å². The summed E-state index contributed by atoms with van der Waals surface area (Å²) in [5.41, 5.74) is -0.787. The van der Waals surface area contributed by atoms with Gasteiger partial charge in [0.05, 0.1) is 18.6 Å². The van der Waals surface area contributed by atoms with E-state index in [1.54, 1.807) is 24.3 Å². The van der Waals surface area contributed by atoms with E-state index < -0.39 is 29.1 Å². The fourth-order valence-electron chi connectivity index (χ4n) is 2.18. The minimum absolute atomic E-state index is 0.135. The van der Waals surface area contributed by atoms with Crippen LogP contribution in [0.4, 0.5) is 5.69 Å². The molecule has 0 unspecified atom stereocenters. The number of hydrogen-bond acceptors (Lipinski definition) is 7. The zero-order valence-corrected chi connectivity index (χ0v) is 15.6. The van der Waals surface area contributed by atoms with Crippen molar-refractivity contribution in [1.29, 1.82) is 0 Å². The van der Waals surface area contributed by atoms with Gasteiger partial charge in [0.25, 0.3) is 11.6 Å². The maximum atomic E-state index is 12.0. The molecular formula is C18H17ClN2O7. The number of benzene rings is 2. The van der Waals surface area contributed by atoms with E-state index in [1.807, 2.05) is 0 Å². The second-order valence-electron chi connectivity index (χ2n) is 5.34. The topological polar surface area (TPSA) is 117 Å². The summed E-state index contributed by atoms with van der Waals surface area (Å²) < 4.78 is 15.4. The third kappa shape index (κ3) is 5.85. The number of nitrogens with one attached hydrogen (secondary N) is 1. The first-order valence-electron chi connectivity index (χ1n) is 8.06. The maximum Gasteiger partial charge on any atom is 0.345 e. The van der Waals surface area contributed by atoms with Gasteiger partial charge in [-0.1, -0.05) is 23.7 Å². The molecule has 0 saturated carbocycles. The van der Waals surface area contributed by atoms with Crippen molar-refractivity contribution in [3.05, 3.63) is 63.2 Å². The molecule has 2 aromatic rings. The second-order valence-corrected chi connectivity index (χ2v) is 5.78. The van der Waals surface area contributed by atoms with Gasteiger partial charge in [-0.05, 0) is 24.3 Å². The first-order chi connectivity index (χ1) is 13.4. The normalized spacial score (nSPS) is 10.1. The van der Waals surface area contributed by atoms with Crippen LogP contribution in [0, 0.1) is 10.1 Å². The van der Waals surface area contributed by atoms with Crippen molar-refractivity contribution < 1.29 is 28.7 Å². The molecule has 10 heteroatoms. The van der Waals surface area contributed by atoms with Crippen LogP contribution in [0.5, 0.6) is 11.5 Å². The standard InChI is InChI=1S/C18H17ClN2O7/c1-26-15-4-2-3-5-16(15)27-9-8-20-17(22)11-28-18(23)13-10-12(19)6-7-14(13)21(24)25/h2-7,10H,8-9,11H2,1H3,(H,20,22). The number of methoxy groups -OCH3 is 1.